The lowest BCUT2D eigenvalue weighted by Crippen LogP contribution is -2.50. The third kappa shape index (κ3) is 5.39. The van der Waals surface area contributed by atoms with E-state index in [0.717, 1.165) is 36.9 Å². The van der Waals surface area contributed by atoms with Crippen LogP contribution in [0.25, 0.3) is 0 Å². The van der Waals surface area contributed by atoms with Crippen molar-refractivity contribution in [1.29, 1.82) is 0 Å². The van der Waals surface area contributed by atoms with E-state index in [1.54, 1.807) is 26.2 Å². The van der Waals surface area contributed by atoms with Gasteiger partial charge in [-0.1, -0.05) is 13.0 Å². The predicted molar refractivity (Wildman–Crippen MR) is 135 cm³/mol. The van der Waals surface area contributed by atoms with Crippen LogP contribution in [0.5, 0.6) is 17.2 Å². The van der Waals surface area contributed by atoms with Crippen molar-refractivity contribution in [3.05, 3.63) is 48.0 Å². The smallest absolute Gasteiger partial charge is 0.227 e. The Morgan fingerprint density at radius 3 is 2.20 bits per heavy atom. The highest BCUT2D eigenvalue weighted by molar-refractivity contribution is 5.97. The first-order valence-corrected chi connectivity index (χ1v) is 12.4. The molecule has 1 aliphatic heterocycles. The lowest BCUT2D eigenvalue weighted by Gasteiger charge is -2.41. The van der Waals surface area contributed by atoms with Crippen LogP contribution in [0, 0.1) is 11.8 Å². The molecule has 0 unspecified atom stereocenters. The first kappa shape index (κ1) is 24.9. The third-order valence-corrected chi connectivity index (χ3v) is 7.40. The van der Waals surface area contributed by atoms with Crippen LogP contribution in [0.2, 0.25) is 0 Å². The second-order valence-corrected chi connectivity index (χ2v) is 9.63. The summed E-state index contributed by atoms with van der Waals surface area (Å²) in [5.74, 6) is 2.21. The molecular weight excluding hydrogens is 444 g/mol. The number of carbonyl (C=O) groups excluding carboxylic acids is 2. The number of piperidine rings is 1. The molecular formula is C28H36N2O5. The maximum absolute atomic E-state index is 13.7. The highest BCUT2D eigenvalue weighted by Gasteiger charge is 2.42. The summed E-state index contributed by atoms with van der Waals surface area (Å²) in [5, 5.41) is 3.31. The molecule has 4 rings (SSSR count). The average Bonchev–Trinajstić information content (AvgIpc) is 2.89. The fraction of sp³-hybridized carbons (Fsp3) is 0.500. The molecule has 2 aliphatic rings. The van der Waals surface area contributed by atoms with Gasteiger partial charge in [-0.05, 0) is 80.0 Å². The number of nitrogens with zero attached hydrogens (tertiary/aromatic N) is 1. The molecule has 0 radical (unpaired) electrons. The van der Waals surface area contributed by atoms with Gasteiger partial charge in [0.15, 0.2) is 11.5 Å². The molecule has 2 aromatic rings. The second-order valence-electron chi connectivity index (χ2n) is 9.63. The second kappa shape index (κ2) is 11.0. The number of hydrogen-bond donors (Lipinski definition) is 1. The minimum atomic E-state index is -0.466. The van der Waals surface area contributed by atoms with Crippen molar-refractivity contribution < 1.29 is 23.8 Å². The zero-order chi connectivity index (χ0) is 24.9. The molecule has 7 heteroatoms. The number of carbonyl (C=O) groups is 2. The number of anilines is 1. The van der Waals surface area contributed by atoms with E-state index in [0.29, 0.717) is 36.0 Å². The van der Waals surface area contributed by atoms with Crippen LogP contribution >= 0.6 is 0 Å². The molecule has 1 N–H and O–H groups in total. The van der Waals surface area contributed by atoms with Crippen LogP contribution in [0.1, 0.15) is 57.1 Å². The van der Waals surface area contributed by atoms with Gasteiger partial charge in [0.1, 0.15) is 5.75 Å². The zero-order valence-corrected chi connectivity index (χ0v) is 21.1. The van der Waals surface area contributed by atoms with E-state index in [1.807, 2.05) is 42.5 Å². The van der Waals surface area contributed by atoms with E-state index < -0.39 is 6.04 Å². The summed E-state index contributed by atoms with van der Waals surface area (Å²) in [5.41, 5.74) is 1.57. The number of benzene rings is 2. The Labute approximate surface area is 207 Å². The lowest BCUT2D eigenvalue weighted by atomic mass is 9.82. The molecule has 1 heterocycles. The Hall–Kier alpha value is -3.22. The van der Waals surface area contributed by atoms with Crippen LogP contribution in [-0.4, -0.2) is 39.2 Å². The summed E-state index contributed by atoms with van der Waals surface area (Å²) in [4.78, 5) is 28.7. The number of hydrogen-bond acceptors (Lipinski definition) is 5. The van der Waals surface area contributed by atoms with Gasteiger partial charge in [-0.25, -0.2) is 0 Å². The van der Waals surface area contributed by atoms with Crippen molar-refractivity contribution in [2.75, 3.05) is 26.2 Å². The minimum absolute atomic E-state index is 0.00880. The summed E-state index contributed by atoms with van der Waals surface area (Å²) in [6.45, 7) is 2.27. The van der Waals surface area contributed by atoms with Gasteiger partial charge < -0.3 is 24.4 Å². The Morgan fingerprint density at radius 1 is 0.886 bits per heavy atom. The first-order chi connectivity index (χ1) is 16.9. The van der Waals surface area contributed by atoms with Crippen molar-refractivity contribution in [2.45, 2.75) is 57.5 Å². The van der Waals surface area contributed by atoms with Gasteiger partial charge >= 0.3 is 0 Å². The van der Waals surface area contributed by atoms with Gasteiger partial charge in [0.2, 0.25) is 11.8 Å². The lowest BCUT2D eigenvalue weighted by molar-refractivity contribution is -0.130. The number of amides is 2. The van der Waals surface area contributed by atoms with E-state index in [1.165, 1.54) is 0 Å². The average molecular weight is 481 g/mol. The fourth-order valence-electron chi connectivity index (χ4n) is 5.35. The standard InChI is InChI=1S/C28H36N2O5/c1-18-5-8-20(9-6-18)29-28(32)23-14-16-26(31)30(21-10-12-22(33-2)13-11-21)27(23)19-7-15-24(34-3)25(17-19)35-4/h7,10-13,15,17-18,20,23,27H,5-6,8-9,14,16H2,1-4H3,(H,29,32)/t18?,20?,23-,27-/m1/s1. The number of nitrogens with one attached hydrogen (secondary N) is 1. The molecule has 0 aromatic heterocycles. The molecule has 188 valence electrons. The van der Waals surface area contributed by atoms with Crippen LogP contribution in [0.15, 0.2) is 42.5 Å². The van der Waals surface area contributed by atoms with Crippen LogP contribution in [0.4, 0.5) is 5.69 Å². The zero-order valence-electron chi connectivity index (χ0n) is 21.1. The van der Waals surface area contributed by atoms with Crippen LogP contribution in [0.3, 0.4) is 0 Å². The summed E-state index contributed by atoms with van der Waals surface area (Å²) >= 11 is 0. The largest absolute Gasteiger partial charge is 0.497 e. The topological polar surface area (TPSA) is 77.1 Å². The van der Waals surface area contributed by atoms with Crippen molar-refractivity contribution >= 4 is 17.5 Å². The van der Waals surface area contributed by atoms with Gasteiger partial charge in [-0.2, -0.15) is 0 Å². The van der Waals surface area contributed by atoms with Gasteiger partial charge in [0.05, 0.1) is 33.3 Å². The van der Waals surface area contributed by atoms with Gasteiger partial charge in [0.25, 0.3) is 0 Å². The van der Waals surface area contributed by atoms with Crippen LogP contribution in [-0.2, 0) is 9.59 Å². The number of methoxy groups -OCH3 is 3. The molecule has 2 aromatic carbocycles. The maximum Gasteiger partial charge on any atom is 0.227 e. The van der Waals surface area contributed by atoms with E-state index in [2.05, 4.69) is 12.2 Å². The minimum Gasteiger partial charge on any atom is -0.497 e. The highest BCUT2D eigenvalue weighted by Crippen LogP contribution is 2.43. The molecule has 0 bridgehead atoms. The molecule has 0 spiro atoms. The molecule has 1 aliphatic carbocycles. The van der Waals surface area contributed by atoms with E-state index in [4.69, 9.17) is 14.2 Å². The summed E-state index contributed by atoms with van der Waals surface area (Å²) in [7, 11) is 4.79. The Balaban J connectivity index is 1.71. The van der Waals surface area contributed by atoms with Gasteiger partial charge in [0, 0.05) is 18.2 Å². The summed E-state index contributed by atoms with van der Waals surface area (Å²) in [6.07, 6.45) is 5.08. The van der Waals surface area contributed by atoms with Crippen LogP contribution < -0.4 is 24.4 Å². The fourth-order valence-corrected chi connectivity index (χ4v) is 5.35. The van der Waals surface area contributed by atoms with Crippen molar-refractivity contribution in [3.63, 3.8) is 0 Å². The van der Waals surface area contributed by atoms with Crippen molar-refractivity contribution in [2.24, 2.45) is 11.8 Å². The highest BCUT2D eigenvalue weighted by atomic mass is 16.5. The first-order valence-electron chi connectivity index (χ1n) is 12.4. The number of rotatable bonds is 7. The Kier molecular flexibility index (Phi) is 7.83. The molecule has 1 saturated heterocycles. The van der Waals surface area contributed by atoms with E-state index in [9.17, 15) is 9.59 Å². The summed E-state index contributed by atoms with van der Waals surface area (Å²) in [6, 6.07) is 12.8. The van der Waals surface area contributed by atoms with E-state index >= 15 is 0 Å². The molecule has 2 atom stereocenters. The SMILES string of the molecule is COc1ccc(N2C(=O)CC[C@@H](C(=O)NC3CCC(C)CC3)[C@H]2c2ccc(OC)c(OC)c2)cc1. The molecule has 7 nitrogen and oxygen atoms in total. The molecule has 35 heavy (non-hydrogen) atoms. The maximum atomic E-state index is 13.7. The summed E-state index contributed by atoms with van der Waals surface area (Å²) < 4.78 is 16.3. The van der Waals surface area contributed by atoms with Crippen molar-refractivity contribution in [3.8, 4) is 17.2 Å². The number of ether oxygens (including phenoxy) is 3. The van der Waals surface area contributed by atoms with Gasteiger partial charge in [-0.15, -0.1) is 0 Å². The van der Waals surface area contributed by atoms with Crippen molar-refractivity contribution in [1.82, 2.24) is 5.32 Å². The molecule has 2 fully saturated rings. The Bertz CT molecular complexity index is 1030. The quantitative estimate of drug-likeness (QED) is 0.611. The van der Waals surface area contributed by atoms with Gasteiger partial charge in [-0.3, -0.25) is 9.59 Å². The normalized spacial score (nSPS) is 24.6. The monoisotopic (exact) mass is 480 g/mol. The van der Waals surface area contributed by atoms with E-state index in [-0.39, 0.29) is 23.8 Å². The third-order valence-electron chi connectivity index (χ3n) is 7.40. The Morgan fingerprint density at radius 2 is 1.57 bits per heavy atom. The predicted octanol–water partition coefficient (Wildman–Crippen LogP) is 4.89. The molecule has 1 saturated carbocycles. The molecule has 2 amide bonds.